The van der Waals surface area contributed by atoms with E-state index in [9.17, 15) is 9.90 Å². The van der Waals surface area contributed by atoms with Crippen LogP contribution in [0.25, 0.3) is 0 Å². The molecule has 1 atom stereocenters. The molecule has 0 saturated carbocycles. The van der Waals surface area contributed by atoms with Crippen LogP contribution in [0.3, 0.4) is 0 Å². The summed E-state index contributed by atoms with van der Waals surface area (Å²) < 4.78 is 4.70. The van der Waals surface area contributed by atoms with E-state index >= 15 is 0 Å². The Bertz CT molecular complexity index is 410. The fourth-order valence-corrected chi connectivity index (χ4v) is 2.19. The van der Waals surface area contributed by atoms with Crippen molar-refractivity contribution in [2.45, 2.75) is 25.9 Å². The van der Waals surface area contributed by atoms with Crippen molar-refractivity contribution in [1.29, 1.82) is 0 Å². The molecule has 1 aliphatic rings. The average molecular weight is 206 g/mol. The maximum Gasteiger partial charge on any atom is 0.338 e. The number of carbonyl (C=O) groups excluding carboxylic acids is 1. The highest BCUT2D eigenvalue weighted by atomic mass is 16.5. The average Bonchev–Trinajstić information content (AvgIpc) is 2.61. The number of benzene rings is 1. The van der Waals surface area contributed by atoms with Gasteiger partial charge in [-0.25, -0.2) is 4.79 Å². The minimum atomic E-state index is -0.370. The summed E-state index contributed by atoms with van der Waals surface area (Å²) >= 11 is 0. The molecular weight excluding hydrogens is 192 g/mol. The molecule has 0 unspecified atom stereocenters. The molecule has 2 rings (SSSR count). The number of fused-ring (bicyclic) bond motifs is 1. The standard InChI is InChI=1S/C12H14O3/c1-7-8-5-6-11(13)10(8)4-3-9(7)12(14)15-2/h3-4,11,13H,5-6H2,1-2H3/t11-/m1/s1. The van der Waals surface area contributed by atoms with Crippen molar-refractivity contribution in [2.24, 2.45) is 0 Å². The number of rotatable bonds is 1. The van der Waals surface area contributed by atoms with Gasteiger partial charge in [-0.3, -0.25) is 0 Å². The second-order valence-electron chi connectivity index (χ2n) is 3.85. The van der Waals surface area contributed by atoms with Gasteiger partial charge in [0.1, 0.15) is 0 Å². The molecule has 0 heterocycles. The van der Waals surface area contributed by atoms with E-state index in [1.807, 2.05) is 13.0 Å². The molecule has 15 heavy (non-hydrogen) atoms. The molecule has 0 fully saturated rings. The van der Waals surface area contributed by atoms with Crippen LogP contribution in [0.15, 0.2) is 12.1 Å². The summed E-state index contributed by atoms with van der Waals surface area (Å²) in [6.45, 7) is 1.91. The summed E-state index contributed by atoms with van der Waals surface area (Å²) in [5.74, 6) is -0.309. The molecule has 3 heteroatoms. The van der Waals surface area contributed by atoms with Gasteiger partial charge < -0.3 is 9.84 Å². The smallest absolute Gasteiger partial charge is 0.338 e. The van der Waals surface area contributed by atoms with Gasteiger partial charge in [0.25, 0.3) is 0 Å². The van der Waals surface area contributed by atoms with Crippen LogP contribution < -0.4 is 0 Å². The molecule has 1 aromatic rings. The van der Waals surface area contributed by atoms with Gasteiger partial charge in [-0.05, 0) is 42.5 Å². The van der Waals surface area contributed by atoms with Crippen LogP contribution in [0, 0.1) is 6.92 Å². The number of hydrogen-bond donors (Lipinski definition) is 1. The predicted octanol–water partition coefficient (Wildman–Crippen LogP) is 1.76. The Hall–Kier alpha value is -1.35. The monoisotopic (exact) mass is 206 g/mol. The first kappa shape index (κ1) is 10.2. The number of aliphatic hydroxyl groups is 1. The topological polar surface area (TPSA) is 46.5 Å². The Labute approximate surface area is 88.7 Å². The number of esters is 1. The van der Waals surface area contributed by atoms with Gasteiger partial charge in [-0.2, -0.15) is 0 Å². The van der Waals surface area contributed by atoms with E-state index in [-0.39, 0.29) is 12.1 Å². The van der Waals surface area contributed by atoms with Crippen LogP contribution in [0.1, 0.15) is 39.6 Å². The highest BCUT2D eigenvalue weighted by Gasteiger charge is 2.24. The van der Waals surface area contributed by atoms with Crippen molar-refractivity contribution in [2.75, 3.05) is 7.11 Å². The molecule has 1 N–H and O–H groups in total. The van der Waals surface area contributed by atoms with Crippen molar-refractivity contribution in [1.82, 2.24) is 0 Å². The van der Waals surface area contributed by atoms with E-state index in [4.69, 9.17) is 4.74 Å². The Kier molecular flexibility index (Phi) is 2.49. The van der Waals surface area contributed by atoms with Gasteiger partial charge in [0.05, 0.1) is 18.8 Å². The molecule has 3 nitrogen and oxygen atoms in total. The van der Waals surface area contributed by atoms with Crippen molar-refractivity contribution in [3.05, 3.63) is 34.4 Å². The molecule has 0 bridgehead atoms. The number of ether oxygens (including phenoxy) is 1. The third kappa shape index (κ3) is 1.53. The fraction of sp³-hybridized carbons (Fsp3) is 0.417. The van der Waals surface area contributed by atoms with E-state index in [0.29, 0.717) is 5.56 Å². The van der Waals surface area contributed by atoms with Crippen molar-refractivity contribution >= 4 is 5.97 Å². The van der Waals surface area contributed by atoms with Crippen LogP contribution in [-0.2, 0) is 11.2 Å². The summed E-state index contributed by atoms with van der Waals surface area (Å²) in [4.78, 5) is 11.4. The SMILES string of the molecule is COC(=O)c1ccc2c(c1C)CC[C@H]2O. The van der Waals surface area contributed by atoms with Crippen LogP contribution >= 0.6 is 0 Å². The zero-order valence-corrected chi connectivity index (χ0v) is 8.91. The number of methoxy groups -OCH3 is 1. The van der Waals surface area contributed by atoms with Crippen LogP contribution in [0.4, 0.5) is 0 Å². The Morgan fingerprint density at radius 1 is 1.53 bits per heavy atom. The van der Waals surface area contributed by atoms with E-state index < -0.39 is 0 Å². The molecule has 0 radical (unpaired) electrons. The number of hydrogen-bond acceptors (Lipinski definition) is 3. The normalized spacial score (nSPS) is 18.7. The number of carbonyl (C=O) groups is 1. The third-order valence-electron chi connectivity index (χ3n) is 3.07. The first-order valence-electron chi connectivity index (χ1n) is 5.04. The Balaban J connectivity index is 2.51. The van der Waals surface area contributed by atoms with E-state index in [2.05, 4.69) is 0 Å². The lowest BCUT2D eigenvalue weighted by Crippen LogP contribution is -2.06. The summed E-state index contributed by atoms with van der Waals surface area (Å²) in [7, 11) is 1.38. The second-order valence-corrected chi connectivity index (χ2v) is 3.85. The first-order chi connectivity index (χ1) is 7.15. The Morgan fingerprint density at radius 3 is 2.93 bits per heavy atom. The van der Waals surface area contributed by atoms with Crippen LogP contribution in [0.5, 0.6) is 0 Å². The fourth-order valence-electron chi connectivity index (χ4n) is 2.19. The highest BCUT2D eigenvalue weighted by Crippen LogP contribution is 2.34. The lowest BCUT2D eigenvalue weighted by molar-refractivity contribution is 0.0599. The molecule has 0 amide bonds. The van der Waals surface area contributed by atoms with Crippen molar-refractivity contribution < 1.29 is 14.6 Å². The maximum atomic E-state index is 11.4. The predicted molar refractivity (Wildman–Crippen MR) is 55.8 cm³/mol. The highest BCUT2D eigenvalue weighted by molar-refractivity contribution is 5.91. The van der Waals surface area contributed by atoms with E-state index in [0.717, 1.165) is 29.5 Å². The minimum Gasteiger partial charge on any atom is -0.465 e. The summed E-state index contributed by atoms with van der Waals surface area (Å²) in [5, 5.41) is 9.68. The molecular formula is C12H14O3. The number of aliphatic hydroxyl groups excluding tert-OH is 1. The molecule has 80 valence electrons. The van der Waals surface area contributed by atoms with Gasteiger partial charge in [0, 0.05) is 0 Å². The maximum absolute atomic E-state index is 11.4. The van der Waals surface area contributed by atoms with Crippen molar-refractivity contribution in [3.63, 3.8) is 0 Å². The summed E-state index contributed by atoms with van der Waals surface area (Å²) in [6.07, 6.45) is 1.22. The largest absolute Gasteiger partial charge is 0.465 e. The third-order valence-corrected chi connectivity index (χ3v) is 3.07. The molecule has 0 aliphatic heterocycles. The van der Waals surface area contributed by atoms with Crippen molar-refractivity contribution in [3.8, 4) is 0 Å². The van der Waals surface area contributed by atoms with Gasteiger partial charge in [-0.15, -0.1) is 0 Å². The molecule has 0 spiro atoms. The molecule has 0 saturated heterocycles. The molecule has 1 aromatic carbocycles. The summed E-state index contributed by atoms with van der Waals surface area (Å²) in [6, 6.07) is 3.56. The minimum absolute atomic E-state index is 0.309. The Morgan fingerprint density at radius 2 is 2.27 bits per heavy atom. The zero-order valence-electron chi connectivity index (χ0n) is 8.91. The van der Waals surface area contributed by atoms with Crippen LogP contribution in [-0.4, -0.2) is 18.2 Å². The second kappa shape index (κ2) is 3.66. The van der Waals surface area contributed by atoms with Gasteiger partial charge in [-0.1, -0.05) is 6.07 Å². The van der Waals surface area contributed by atoms with E-state index in [1.54, 1.807) is 6.07 Å². The lowest BCUT2D eigenvalue weighted by atomic mass is 9.98. The van der Waals surface area contributed by atoms with Gasteiger partial charge >= 0.3 is 5.97 Å². The van der Waals surface area contributed by atoms with Crippen LogP contribution in [0.2, 0.25) is 0 Å². The molecule has 0 aromatic heterocycles. The quantitative estimate of drug-likeness (QED) is 0.712. The van der Waals surface area contributed by atoms with Gasteiger partial charge in [0.2, 0.25) is 0 Å². The summed E-state index contributed by atoms with van der Waals surface area (Å²) in [5.41, 5.74) is 3.60. The lowest BCUT2D eigenvalue weighted by Gasteiger charge is -2.10. The zero-order chi connectivity index (χ0) is 11.0. The van der Waals surface area contributed by atoms with E-state index in [1.165, 1.54) is 7.11 Å². The van der Waals surface area contributed by atoms with Gasteiger partial charge in [0.15, 0.2) is 0 Å². The molecule has 1 aliphatic carbocycles. The first-order valence-corrected chi connectivity index (χ1v) is 5.04.